The minimum atomic E-state index is -2.79. The summed E-state index contributed by atoms with van der Waals surface area (Å²) in [6.45, 7) is 0. The molecule has 1 fully saturated rings. The van der Waals surface area contributed by atoms with E-state index in [9.17, 15) is 8.42 Å². The van der Waals surface area contributed by atoms with Gasteiger partial charge in [-0.1, -0.05) is 11.8 Å². The van der Waals surface area contributed by atoms with Crippen molar-refractivity contribution >= 4 is 38.2 Å². The van der Waals surface area contributed by atoms with Crippen molar-refractivity contribution in [1.29, 1.82) is 0 Å². The van der Waals surface area contributed by atoms with Crippen molar-refractivity contribution in [2.45, 2.75) is 18.9 Å². The van der Waals surface area contributed by atoms with Gasteiger partial charge in [0.05, 0.1) is 11.5 Å². The highest BCUT2D eigenvalue weighted by Crippen LogP contribution is 2.17. The van der Waals surface area contributed by atoms with Gasteiger partial charge in [-0.2, -0.15) is 0 Å². The van der Waals surface area contributed by atoms with Crippen molar-refractivity contribution in [2.75, 3.05) is 17.8 Å². The number of hydrogen-bond acceptors (Lipinski definition) is 5. The molecule has 76 valence electrons. The molecule has 0 saturated carbocycles. The summed E-state index contributed by atoms with van der Waals surface area (Å²) >= 11 is 6.26. The molecule has 3 nitrogen and oxygen atoms in total. The fourth-order valence-electron chi connectivity index (χ4n) is 1.17. The summed E-state index contributed by atoms with van der Waals surface area (Å²) in [6, 6.07) is 0. The Morgan fingerprint density at radius 2 is 2.00 bits per heavy atom. The quantitative estimate of drug-likeness (QED) is 0.645. The summed E-state index contributed by atoms with van der Waals surface area (Å²) < 4.78 is 28.0. The summed E-state index contributed by atoms with van der Waals surface area (Å²) in [6.07, 6.45) is 3.00. The molecular formula is C7H12O3S3. The lowest BCUT2D eigenvalue weighted by Crippen LogP contribution is -2.29. The van der Waals surface area contributed by atoms with Crippen LogP contribution in [-0.2, 0) is 14.6 Å². The van der Waals surface area contributed by atoms with Gasteiger partial charge in [0.1, 0.15) is 6.10 Å². The number of thioether (sulfide) groups is 1. The SMILES string of the molecule is CSC(=S)OC1CCS(=O)(=O)CC1. The Hall–Kier alpha value is 0.190. The highest BCUT2D eigenvalue weighted by atomic mass is 32.2. The molecule has 0 radical (unpaired) electrons. The van der Waals surface area contributed by atoms with Crippen LogP contribution >= 0.6 is 24.0 Å². The fraction of sp³-hybridized carbons (Fsp3) is 0.857. The number of ether oxygens (including phenoxy) is 1. The first kappa shape index (κ1) is 11.3. The molecule has 0 aromatic rings. The first-order valence-corrected chi connectivity index (χ1v) is 7.44. The molecule has 1 saturated heterocycles. The number of rotatable bonds is 1. The van der Waals surface area contributed by atoms with Gasteiger partial charge >= 0.3 is 0 Å². The van der Waals surface area contributed by atoms with Crippen molar-refractivity contribution in [2.24, 2.45) is 0 Å². The molecule has 0 bridgehead atoms. The molecule has 0 aliphatic carbocycles. The lowest BCUT2D eigenvalue weighted by atomic mass is 10.2. The van der Waals surface area contributed by atoms with Crippen molar-refractivity contribution in [3.05, 3.63) is 0 Å². The molecule has 0 N–H and O–H groups in total. The van der Waals surface area contributed by atoms with E-state index in [1.54, 1.807) is 0 Å². The van der Waals surface area contributed by atoms with Gasteiger partial charge in [-0.05, 0) is 31.3 Å². The van der Waals surface area contributed by atoms with E-state index in [4.69, 9.17) is 17.0 Å². The van der Waals surface area contributed by atoms with Crippen molar-refractivity contribution < 1.29 is 13.2 Å². The summed E-state index contributed by atoms with van der Waals surface area (Å²) in [5.41, 5.74) is 0. The maximum absolute atomic E-state index is 11.1. The molecule has 0 aromatic carbocycles. The number of sulfone groups is 1. The van der Waals surface area contributed by atoms with Crippen molar-refractivity contribution in [1.82, 2.24) is 0 Å². The molecule has 0 unspecified atom stereocenters. The average Bonchev–Trinajstić information content (AvgIpc) is 2.08. The van der Waals surface area contributed by atoms with Crippen LogP contribution in [0.3, 0.4) is 0 Å². The minimum absolute atomic E-state index is 0.00322. The Bertz CT molecular complexity index is 269. The molecular weight excluding hydrogens is 228 g/mol. The Balaban J connectivity index is 2.38. The van der Waals surface area contributed by atoms with Gasteiger partial charge in [-0.15, -0.1) is 0 Å². The summed E-state index contributed by atoms with van der Waals surface area (Å²) in [4.78, 5) is 0. The summed E-state index contributed by atoms with van der Waals surface area (Å²) in [5.74, 6) is 0.462. The fourth-order valence-corrected chi connectivity index (χ4v) is 2.99. The zero-order valence-corrected chi connectivity index (χ0v) is 9.80. The van der Waals surface area contributed by atoms with E-state index in [1.165, 1.54) is 11.8 Å². The monoisotopic (exact) mass is 240 g/mol. The normalized spacial score (nSPS) is 22.5. The minimum Gasteiger partial charge on any atom is -0.475 e. The maximum atomic E-state index is 11.1. The molecule has 0 amide bonds. The van der Waals surface area contributed by atoms with Gasteiger partial charge in [0, 0.05) is 0 Å². The molecule has 1 aliphatic heterocycles. The topological polar surface area (TPSA) is 43.4 Å². The molecule has 1 aliphatic rings. The molecule has 6 heteroatoms. The Morgan fingerprint density at radius 1 is 1.46 bits per heavy atom. The zero-order valence-electron chi connectivity index (χ0n) is 7.36. The second-order valence-electron chi connectivity index (χ2n) is 2.92. The van der Waals surface area contributed by atoms with Gasteiger partial charge in [-0.3, -0.25) is 0 Å². The number of hydrogen-bond donors (Lipinski definition) is 0. The smallest absolute Gasteiger partial charge is 0.219 e. The van der Waals surface area contributed by atoms with Crippen molar-refractivity contribution in [3.63, 3.8) is 0 Å². The van der Waals surface area contributed by atoms with Crippen LogP contribution in [0.5, 0.6) is 0 Å². The zero-order chi connectivity index (χ0) is 9.90. The predicted octanol–water partition coefficient (Wildman–Crippen LogP) is 1.23. The van der Waals surface area contributed by atoms with Gasteiger partial charge < -0.3 is 4.74 Å². The highest BCUT2D eigenvalue weighted by Gasteiger charge is 2.25. The van der Waals surface area contributed by atoms with Crippen LogP contribution in [0.2, 0.25) is 0 Å². The second kappa shape index (κ2) is 4.61. The van der Waals surface area contributed by atoms with E-state index in [-0.39, 0.29) is 17.6 Å². The van der Waals surface area contributed by atoms with Crippen LogP contribution in [0.25, 0.3) is 0 Å². The Kier molecular flexibility index (Phi) is 4.00. The largest absolute Gasteiger partial charge is 0.475 e. The van der Waals surface area contributed by atoms with E-state index in [2.05, 4.69) is 0 Å². The van der Waals surface area contributed by atoms with E-state index < -0.39 is 9.84 Å². The summed E-state index contributed by atoms with van der Waals surface area (Å²) in [7, 11) is -2.79. The molecule has 0 atom stereocenters. The lowest BCUT2D eigenvalue weighted by Gasteiger charge is -2.22. The van der Waals surface area contributed by atoms with E-state index in [0.717, 1.165) is 0 Å². The van der Waals surface area contributed by atoms with E-state index >= 15 is 0 Å². The van der Waals surface area contributed by atoms with Crippen LogP contribution in [-0.4, -0.2) is 36.7 Å². The van der Waals surface area contributed by atoms with E-state index in [1.807, 2.05) is 6.26 Å². The molecule has 0 aromatic heterocycles. The Morgan fingerprint density at radius 3 is 2.46 bits per heavy atom. The molecule has 0 spiro atoms. The van der Waals surface area contributed by atoms with Crippen LogP contribution < -0.4 is 0 Å². The third-order valence-corrected chi connectivity index (χ3v) is 4.67. The first-order valence-electron chi connectivity index (χ1n) is 3.98. The van der Waals surface area contributed by atoms with Crippen LogP contribution in [0.15, 0.2) is 0 Å². The van der Waals surface area contributed by atoms with Crippen LogP contribution in [0.4, 0.5) is 0 Å². The van der Waals surface area contributed by atoms with Crippen molar-refractivity contribution in [3.8, 4) is 0 Å². The maximum Gasteiger partial charge on any atom is 0.219 e. The highest BCUT2D eigenvalue weighted by molar-refractivity contribution is 8.22. The van der Waals surface area contributed by atoms with Gasteiger partial charge in [0.2, 0.25) is 4.38 Å². The Labute approximate surface area is 88.1 Å². The van der Waals surface area contributed by atoms with Gasteiger partial charge in [0.15, 0.2) is 9.84 Å². The first-order chi connectivity index (χ1) is 6.03. The van der Waals surface area contributed by atoms with Gasteiger partial charge in [0.25, 0.3) is 0 Å². The van der Waals surface area contributed by atoms with Crippen LogP contribution in [0, 0.1) is 0 Å². The predicted molar refractivity (Wildman–Crippen MR) is 58.9 cm³/mol. The lowest BCUT2D eigenvalue weighted by molar-refractivity contribution is 0.188. The average molecular weight is 240 g/mol. The van der Waals surface area contributed by atoms with E-state index in [0.29, 0.717) is 17.2 Å². The summed E-state index contributed by atoms with van der Waals surface area (Å²) in [5, 5.41) is 0. The van der Waals surface area contributed by atoms with Gasteiger partial charge in [-0.25, -0.2) is 8.42 Å². The third-order valence-electron chi connectivity index (χ3n) is 1.93. The third kappa shape index (κ3) is 3.83. The van der Waals surface area contributed by atoms with Crippen LogP contribution in [0.1, 0.15) is 12.8 Å². The molecule has 1 rings (SSSR count). The number of thiocarbonyl (C=S) groups is 1. The molecule has 13 heavy (non-hydrogen) atoms. The standard InChI is InChI=1S/C7H12O3S3/c1-12-7(11)10-6-2-4-13(8,9)5-3-6/h6H,2-5H2,1H3. The second-order valence-corrected chi connectivity index (χ2v) is 6.64. The molecule has 1 heterocycles.